The molecule has 1 atom stereocenters. The summed E-state index contributed by atoms with van der Waals surface area (Å²) in [4.78, 5) is 7.59. The normalized spacial score (nSPS) is 19.5. The summed E-state index contributed by atoms with van der Waals surface area (Å²) in [5.41, 5.74) is 1.78. The van der Waals surface area contributed by atoms with Crippen LogP contribution >= 0.6 is 0 Å². The van der Waals surface area contributed by atoms with Gasteiger partial charge in [-0.25, -0.2) is 17.7 Å². The highest BCUT2D eigenvalue weighted by atomic mass is 32.2. The maximum Gasteiger partial charge on any atom is 0.242 e. The summed E-state index contributed by atoms with van der Waals surface area (Å²) >= 11 is 0. The number of nitrogens with zero attached hydrogens (tertiary/aromatic N) is 4. The van der Waals surface area contributed by atoms with Crippen molar-refractivity contribution in [2.75, 3.05) is 27.2 Å². The fourth-order valence-electron chi connectivity index (χ4n) is 3.75. The van der Waals surface area contributed by atoms with Crippen LogP contribution in [0.3, 0.4) is 0 Å². The summed E-state index contributed by atoms with van der Waals surface area (Å²) in [6.07, 6.45) is 3.56. The molecule has 1 saturated heterocycles. The highest BCUT2D eigenvalue weighted by Crippen LogP contribution is 2.24. The van der Waals surface area contributed by atoms with E-state index in [9.17, 15) is 8.42 Å². The Morgan fingerprint density at radius 3 is 2.73 bits per heavy atom. The number of benzene rings is 1. The van der Waals surface area contributed by atoms with E-state index in [1.54, 1.807) is 26.2 Å². The number of likely N-dealkylation sites (tertiary alicyclic amines) is 1. The van der Waals surface area contributed by atoms with Gasteiger partial charge in [0.1, 0.15) is 5.82 Å². The Kier molecular flexibility index (Phi) is 5.69. The van der Waals surface area contributed by atoms with Gasteiger partial charge in [0.15, 0.2) is 0 Å². The molecule has 6 nitrogen and oxygen atoms in total. The van der Waals surface area contributed by atoms with Crippen molar-refractivity contribution < 1.29 is 8.42 Å². The molecule has 2 heterocycles. The van der Waals surface area contributed by atoms with Crippen molar-refractivity contribution >= 4 is 21.1 Å². The topological polar surface area (TPSA) is 58.4 Å². The molecule has 7 heteroatoms. The Labute approximate surface area is 156 Å². The van der Waals surface area contributed by atoms with Crippen molar-refractivity contribution in [3.63, 3.8) is 0 Å². The average molecular weight is 379 g/mol. The van der Waals surface area contributed by atoms with Gasteiger partial charge in [0.05, 0.1) is 22.5 Å². The average Bonchev–Trinajstić information content (AvgIpc) is 2.92. The third-order valence-electron chi connectivity index (χ3n) is 5.13. The van der Waals surface area contributed by atoms with Crippen molar-refractivity contribution in [3.8, 4) is 0 Å². The Bertz CT molecular complexity index is 873. The predicted octanol–water partition coefficient (Wildman–Crippen LogP) is 2.93. The first kappa shape index (κ1) is 19.3. The molecule has 0 spiro atoms. The van der Waals surface area contributed by atoms with Crippen LogP contribution < -0.4 is 0 Å². The lowest BCUT2D eigenvalue weighted by atomic mass is 10.0. The third kappa shape index (κ3) is 3.80. The first-order valence-electron chi connectivity index (χ1n) is 9.47. The Balaban J connectivity index is 1.98. The van der Waals surface area contributed by atoms with E-state index in [1.807, 2.05) is 6.07 Å². The van der Waals surface area contributed by atoms with Gasteiger partial charge in [-0.05, 0) is 49.9 Å². The minimum atomic E-state index is -3.45. The van der Waals surface area contributed by atoms with Gasteiger partial charge in [-0.15, -0.1) is 0 Å². The summed E-state index contributed by atoms with van der Waals surface area (Å²) in [6.45, 7) is 8.41. The highest BCUT2D eigenvalue weighted by molar-refractivity contribution is 7.89. The van der Waals surface area contributed by atoms with Crippen LogP contribution in [-0.2, 0) is 23.1 Å². The molecule has 26 heavy (non-hydrogen) atoms. The third-order valence-corrected chi connectivity index (χ3v) is 6.94. The molecule has 2 aromatic rings. The fraction of sp³-hybridized carbons (Fsp3) is 0.632. The molecular formula is C19H30N4O2S. The van der Waals surface area contributed by atoms with Gasteiger partial charge in [0.2, 0.25) is 10.0 Å². The van der Waals surface area contributed by atoms with Crippen molar-refractivity contribution in [1.82, 2.24) is 18.8 Å². The molecule has 0 amide bonds. The predicted molar refractivity (Wildman–Crippen MR) is 105 cm³/mol. The van der Waals surface area contributed by atoms with Gasteiger partial charge >= 0.3 is 0 Å². The number of rotatable bonds is 6. The second kappa shape index (κ2) is 7.66. The molecule has 0 saturated carbocycles. The summed E-state index contributed by atoms with van der Waals surface area (Å²) in [5.74, 6) is 1.76. The van der Waals surface area contributed by atoms with Crippen molar-refractivity contribution in [1.29, 1.82) is 0 Å². The molecule has 1 aliphatic rings. The number of hydrogen-bond donors (Lipinski definition) is 0. The molecule has 1 aromatic heterocycles. The number of aromatic nitrogens is 2. The van der Waals surface area contributed by atoms with Gasteiger partial charge in [-0.3, -0.25) is 4.90 Å². The molecule has 0 N–H and O–H groups in total. The monoisotopic (exact) mass is 378 g/mol. The van der Waals surface area contributed by atoms with E-state index < -0.39 is 10.0 Å². The quantitative estimate of drug-likeness (QED) is 0.775. The number of fused-ring (bicyclic) bond motifs is 1. The first-order valence-corrected chi connectivity index (χ1v) is 10.9. The zero-order valence-electron chi connectivity index (χ0n) is 16.3. The van der Waals surface area contributed by atoms with Crippen molar-refractivity contribution in [2.24, 2.45) is 5.92 Å². The minimum absolute atomic E-state index is 0.300. The van der Waals surface area contributed by atoms with Crippen LogP contribution in [0.4, 0.5) is 0 Å². The van der Waals surface area contributed by atoms with E-state index in [1.165, 1.54) is 17.1 Å². The van der Waals surface area contributed by atoms with E-state index in [-0.39, 0.29) is 0 Å². The number of imidazole rings is 1. The van der Waals surface area contributed by atoms with Gasteiger partial charge in [0.25, 0.3) is 0 Å². The molecule has 0 bridgehead atoms. The SMILES string of the molecule is CCCn1c(CN2CCC[C@@H](C)C2)nc2cc(S(=O)(=O)N(C)C)ccc21. The van der Waals surface area contributed by atoms with Crippen LogP contribution in [0.15, 0.2) is 23.1 Å². The molecule has 1 aromatic carbocycles. The first-order chi connectivity index (χ1) is 12.3. The van der Waals surface area contributed by atoms with E-state index >= 15 is 0 Å². The second-order valence-corrected chi connectivity index (χ2v) is 9.75. The highest BCUT2D eigenvalue weighted by Gasteiger charge is 2.22. The van der Waals surface area contributed by atoms with Crippen LogP contribution in [0.2, 0.25) is 0 Å². The molecule has 0 aliphatic carbocycles. The zero-order chi connectivity index (χ0) is 18.9. The van der Waals surface area contributed by atoms with Crippen LogP contribution in [0.25, 0.3) is 11.0 Å². The second-order valence-electron chi connectivity index (χ2n) is 7.60. The number of piperidine rings is 1. The number of aryl methyl sites for hydroxylation is 1. The smallest absolute Gasteiger partial charge is 0.242 e. The summed E-state index contributed by atoms with van der Waals surface area (Å²) in [6, 6.07) is 5.30. The summed E-state index contributed by atoms with van der Waals surface area (Å²) in [5, 5.41) is 0. The Morgan fingerprint density at radius 1 is 1.31 bits per heavy atom. The van der Waals surface area contributed by atoms with Crippen LogP contribution in [0, 0.1) is 5.92 Å². The maximum absolute atomic E-state index is 12.4. The standard InChI is InChI=1S/C19H30N4O2S/c1-5-10-23-18-9-8-16(26(24,25)21(3)4)12-17(18)20-19(23)14-22-11-6-7-15(2)13-22/h8-9,12,15H,5-7,10-11,13-14H2,1-4H3/t15-/m1/s1. The van der Waals surface area contributed by atoms with E-state index in [0.29, 0.717) is 4.90 Å². The van der Waals surface area contributed by atoms with Crippen molar-refractivity contribution in [3.05, 3.63) is 24.0 Å². The lowest BCUT2D eigenvalue weighted by Crippen LogP contribution is -2.34. The number of sulfonamides is 1. The van der Waals surface area contributed by atoms with E-state index in [4.69, 9.17) is 4.98 Å². The van der Waals surface area contributed by atoms with Crippen LogP contribution in [0.5, 0.6) is 0 Å². The van der Waals surface area contributed by atoms with Gasteiger partial charge in [-0.2, -0.15) is 0 Å². The Morgan fingerprint density at radius 2 is 2.08 bits per heavy atom. The molecule has 144 valence electrons. The van der Waals surface area contributed by atoms with E-state index in [0.717, 1.165) is 55.4 Å². The Hall–Kier alpha value is -1.44. The molecular weight excluding hydrogens is 348 g/mol. The maximum atomic E-state index is 12.4. The largest absolute Gasteiger partial charge is 0.327 e. The number of hydrogen-bond acceptors (Lipinski definition) is 4. The molecule has 0 unspecified atom stereocenters. The zero-order valence-corrected chi connectivity index (χ0v) is 17.1. The molecule has 3 rings (SSSR count). The van der Waals surface area contributed by atoms with Gasteiger partial charge in [0, 0.05) is 27.2 Å². The van der Waals surface area contributed by atoms with Crippen LogP contribution in [-0.4, -0.2) is 54.4 Å². The lowest BCUT2D eigenvalue weighted by molar-refractivity contribution is 0.171. The summed E-state index contributed by atoms with van der Waals surface area (Å²) < 4.78 is 28.4. The van der Waals surface area contributed by atoms with Gasteiger partial charge in [-0.1, -0.05) is 13.8 Å². The lowest BCUT2D eigenvalue weighted by Gasteiger charge is -2.30. The molecule has 1 aliphatic heterocycles. The summed E-state index contributed by atoms with van der Waals surface area (Å²) in [7, 11) is -0.338. The van der Waals surface area contributed by atoms with Crippen molar-refractivity contribution in [2.45, 2.75) is 51.1 Å². The van der Waals surface area contributed by atoms with Crippen LogP contribution in [0.1, 0.15) is 38.9 Å². The fourth-order valence-corrected chi connectivity index (χ4v) is 4.68. The molecule has 0 radical (unpaired) electrons. The molecule has 1 fully saturated rings. The minimum Gasteiger partial charge on any atom is -0.327 e. The van der Waals surface area contributed by atoms with E-state index in [2.05, 4.69) is 23.3 Å². The van der Waals surface area contributed by atoms with Gasteiger partial charge < -0.3 is 4.57 Å².